The standard InChI is InChI=1S/C52H33N5S/c1-5-17-34(18-6-1)39-26-15-27-41-40-25-13-14-29-44(40)57(48(39)41)45-30-16-28-42(47(45)35-19-7-2-8-20-35)51-55-49(36-21-9-3-10-22-36)54-50(56-51)38-31-32-43-46(33-38)58-52(53-43)37-23-11-4-12-24-37/h1-33H. The minimum Gasteiger partial charge on any atom is -0.308 e. The van der Waals surface area contributed by atoms with Crippen molar-refractivity contribution in [3.63, 3.8) is 0 Å². The van der Waals surface area contributed by atoms with E-state index >= 15 is 0 Å². The summed E-state index contributed by atoms with van der Waals surface area (Å²) in [4.78, 5) is 20.7. The Hall–Kier alpha value is -7.54. The number of hydrogen-bond donors (Lipinski definition) is 0. The van der Waals surface area contributed by atoms with Gasteiger partial charge in [0.25, 0.3) is 0 Å². The highest BCUT2D eigenvalue weighted by Crippen LogP contribution is 2.43. The molecule has 11 aromatic rings. The predicted molar refractivity (Wildman–Crippen MR) is 240 cm³/mol. The molecule has 0 aliphatic rings. The zero-order chi connectivity index (χ0) is 38.4. The van der Waals surface area contributed by atoms with Crippen molar-refractivity contribution in [3.8, 4) is 72.7 Å². The molecule has 0 amide bonds. The van der Waals surface area contributed by atoms with Crippen LogP contribution in [-0.2, 0) is 0 Å². The van der Waals surface area contributed by atoms with Crippen LogP contribution in [0.4, 0.5) is 0 Å². The van der Waals surface area contributed by atoms with Crippen LogP contribution in [0.3, 0.4) is 0 Å². The van der Waals surface area contributed by atoms with E-state index in [0.717, 1.165) is 70.9 Å². The summed E-state index contributed by atoms with van der Waals surface area (Å²) in [6, 6.07) is 69.9. The minimum atomic E-state index is 0.600. The Morgan fingerprint density at radius 1 is 0.379 bits per heavy atom. The number of rotatable bonds is 7. The summed E-state index contributed by atoms with van der Waals surface area (Å²) in [5.74, 6) is 1.82. The van der Waals surface area contributed by atoms with Crippen molar-refractivity contribution in [1.29, 1.82) is 0 Å². The van der Waals surface area contributed by atoms with Gasteiger partial charge < -0.3 is 4.57 Å². The summed E-state index contributed by atoms with van der Waals surface area (Å²) >= 11 is 1.68. The molecule has 0 saturated carbocycles. The number of benzene rings is 8. The molecular formula is C52H33N5S. The monoisotopic (exact) mass is 759 g/mol. The number of aromatic nitrogens is 5. The lowest BCUT2D eigenvalue weighted by atomic mass is 9.96. The van der Waals surface area contributed by atoms with Gasteiger partial charge in [-0.05, 0) is 41.5 Å². The van der Waals surface area contributed by atoms with Crippen molar-refractivity contribution in [2.45, 2.75) is 0 Å². The molecule has 58 heavy (non-hydrogen) atoms. The quantitative estimate of drug-likeness (QED) is 0.162. The number of thiazole rings is 1. The van der Waals surface area contributed by atoms with Crippen molar-refractivity contribution in [1.82, 2.24) is 24.5 Å². The molecule has 0 aliphatic heterocycles. The van der Waals surface area contributed by atoms with E-state index in [-0.39, 0.29) is 0 Å². The average molecular weight is 760 g/mol. The van der Waals surface area contributed by atoms with Crippen molar-refractivity contribution in [2.24, 2.45) is 0 Å². The van der Waals surface area contributed by atoms with Gasteiger partial charge in [0.15, 0.2) is 17.5 Å². The van der Waals surface area contributed by atoms with Crippen molar-refractivity contribution >= 4 is 43.4 Å². The van der Waals surface area contributed by atoms with E-state index in [2.05, 4.69) is 168 Å². The molecule has 0 bridgehead atoms. The second-order valence-electron chi connectivity index (χ2n) is 14.2. The van der Waals surface area contributed by atoms with Gasteiger partial charge >= 0.3 is 0 Å². The molecule has 272 valence electrons. The van der Waals surface area contributed by atoms with Crippen LogP contribution in [-0.4, -0.2) is 24.5 Å². The summed E-state index contributed by atoms with van der Waals surface area (Å²) in [5, 5.41) is 3.38. The molecular weight excluding hydrogens is 727 g/mol. The Balaban J connectivity index is 1.18. The summed E-state index contributed by atoms with van der Waals surface area (Å²) < 4.78 is 3.51. The molecule has 0 fully saturated rings. The molecule has 0 N–H and O–H groups in total. The van der Waals surface area contributed by atoms with Gasteiger partial charge in [0.1, 0.15) is 5.01 Å². The van der Waals surface area contributed by atoms with Crippen LogP contribution >= 0.6 is 11.3 Å². The van der Waals surface area contributed by atoms with Crippen LogP contribution < -0.4 is 0 Å². The maximum Gasteiger partial charge on any atom is 0.164 e. The van der Waals surface area contributed by atoms with Crippen LogP contribution in [0.25, 0.3) is 105 Å². The van der Waals surface area contributed by atoms with E-state index in [1.54, 1.807) is 11.3 Å². The molecule has 5 nitrogen and oxygen atoms in total. The molecule has 0 spiro atoms. The van der Waals surface area contributed by atoms with Crippen LogP contribution in [0.1, 0.15) is 0 Å². The molecule has 0 unspecified atom stereocenters. The normalized spacial score (nSPS) is 11.4. The van der Waals surface area contributed by atoms with Crippen molar-refractivity contribution < 1.29 is 0 Å². The van der Waals surface area contributed by atoms with Crippen LogP contribution in [0, 0.1) is 0 Å². The Morgan fingerprint density at radius 2 is 0.948 bits per heavy atom. The lowest BCUT2D eigenvalue weighted by Crippen LogP contribution is -2.04. The van der Waals surface area contributed by atoms with Gasteiger partial charge in [0.05, 0.1) is 26.9 Å². The second-order valence-corrected chi connectivity index (χ2v) is 15.3. The van der Waals surface area contributed by atoms with Crippen LogP contribution in [0.2, 0.25) is 0 Å². The summed E-state index contributed by atoms with van der Waals surface area (Å²) in [5.41, 5.74) is 12.6. The van der Waals surface area contributed by atoms with E-state index in [0.29, 0.717) is 17.5 Å². The lowest BCUT2D eigenvalue weighted by Gasteiger charge is -2.19. The molecule has 0 atom stereocenters. The average Bonchev–Trinajstić information content (AvgIpc) is 3.89. The minimum absolute atomic E-state index is 0.600. The zero-order valence-electron chi connectivity index (χ0n) is 31.2. The number of para-hydroxylation sites is 2. The second kappa shape index (κ2) is 14.2. The first kappa shape index (κ1) is 33.8. The molecule has 8 aromatic carbocycles. The topological polar surface area (TPSA) is 56.5 Å². The maximum absolute atomic E-state index is 5.32. The Morgan fingerprint density at radius 3 is 1.69 bits per heavy atom. The molecule has 0 saturated heterocycles. The zero-order valence-corrected chi connectivity index (χ0v) is 32.0. The van der Waals surface area contributed by atoms with E-state index in [1.165, 1.54) is 16.3 Å². The first-order valence-electron chi connectivity index (χ1n) is 19.3. The van der Waals surface area contributed by atoms with Crippen LogP contribution in [0.5, 0.6) is 0 Å². The lowest BCUT2D eigenvalue weighted by molar-refractivity contribution is 1.07. The highest BCUT2D eigenvalue weighted by Gasteiger charge is 2.23. The molecule has 6 heteroatoms. The summed E-state index contributed by atoms with van der Waals surface area (Å²) in [6.45, 7) is 0. The number of fused-ring (bicyclic) bond motifs is 4. The predicted octanol–water partition coefficient (Wildman–Crippen LogP) is 13.6. The van der Waals surface area contributed by atoms with Gasteiger partial charge in [-0.1, -0.05) is 170 Å². The third-order valence-electron chi connectivity index (χ3n) is 10.7. The largest absolute Gasteiger partial charge is 0.308 e. The van der Waals surface area contributed by atoms with Crippen molar-refractivity contribution in [3.05, 3.63) is 200 Å². The maximum atomic E-state index is 5.32. The summed E-state index contributed by atoms with van der Waals surface area (Å²) in [7, 11) is 0. The third kappa shape index (κ3) is 5.86. The molecule has 11 rings (SSSR count). The summed E-state index contributed by atoms with van der Waals surface area (Å²) in [6.07, 6.45) is 0. The highest BCUT2D eigenvalue weighted by molar-refractivity contribution is 7.21. The fraction of sp³-hybridized carbons (Fsp3) is 0. The highest BCUT2D eigenvalue weighted by atomic mass is 32.1. The SMILES string of the molecule is c1ccc(-c2nc(-c3ccc4nc(-c5ccccc5)sc4c3)nc(-c3cccc(-n4c5ccccc5c5cccc(-c6ccccc6)c54)c3-c3ccccc3)n2)cc1. The van der Waals surface area contributed by atoms with Gasteiger partial charge in [-0.15, -0.1) is 11.3 Å². The van der Waals surface area contributed by atoms with E-state index in [1.807, 2.05) is 36.4 Å². The van der Waals surface area contributed by atoms with E-state index < -0.39 is 0 Å². The smallest absolute Gasteiger partial charge is 0.164 e. The van der Waals surface area contributed by atoms with Crippen molar-refractivity contribution in [2.75, 3.05) is 0 Å². The Bertz CT molecular complexity index is 3270. The number of hydrogen-bond acceptors (Lipinski definition) is 5. The third-order valence-corrected chi connectivity index (χ3v) is 11.8. The fourth-order valence-corrected chi connectivity index (χ4v) is 9.06. The van der Waals surface area contributed by atoms with E-state index in [9.17, 15) is 0 Å². The molecule has 0 radical (unpaired) electrons. The Kier molecular flexibility index (Phi) is 8.26. The van der Waals surface area contributed by atoms with Crippen LogP contribution in [0.15, 0.2) is 200 Å². The first-order chi connectivity index (χ1) is 28.8. The fourth-order valence-electron chi connectivity index (χ4n) is 8.05. The molecule has 0 aliphatic carbocycles. The van der Waals surface area contributed by atoms with Gasteiger partial charge in [0, 0.05) is 44.2 Å². The van der Waals surface area contributed by atoms with Gasteiger partial charge in [-0.2, -0.15) is 0 Å². The first-order valence-corrected chi connectivity index (χ1v) is 20.1. The van der Waals surface area contributed by atoms with Gasteiger partial charge in [-0.3, -0.25) is 0 Å². The van der Waals surface area contributed by atoms with E-state index in [4.69, 9.17) is 19.9 Å². The Labute approximate surface area is 339 Å². The molecule has 3 aromatic heterocycles. The number of nitrogens with zero attached hydrogens (tertiary/aromatic N) is 5. The van der Waals surface area contributed by atoms with Gasteiger partial charge in [-0.25, -0.2) is 19.9 Å². The molecule has 3 heterocycles. The van der Waals surface area contributed by atoms with Gasteiger partial charge in [0.2, 0.25) is 0 Å².